The Morgan fingerprint density at radius 2 is 1.61 bits per heavy atom. The largest absolute Gasteiger partial charge is 0.393 e. The van der Waals surface area contributed by atoms with Crippen molar-refractivity contribution in [3.63, 3.8) is 0 Å². The second kappa shape index (κ2) is 8.44. The topological polar surface area (TPSA) is 79.2 Å². The lowest BCUT2D eigenvalue weighted by molar-refractivity contribution is -0.319. The van der Waals surface area contributed by atoms with Gasteiger partial charge in [0.15, 0.2) is 5.79 Å². The number of aliphatic hydroxyl groups excluding tert-OH is 3. The van der Waals surface area contributed by atoms with Gasteiger partial charge in [0.05, 0.1) is 24.9 Å². The van der Waals surface area contributed by atoms with E-state index in [0.29, 0.717) is 36.2 Å². The molecule has 0 radical (unpaired) electrons. The van der Waals surface area contributed by atoms with Crippen molar-refractivity contribution >= 4 is 0 Å². The van der Waals surface area contributed by atoms with Crippen LogP contribution in [0.3, 0.4) is 0 Å². The van der Waals surface area contributed by atoms with Crippen LogP contribution in [-0.4, -0.2) is 52.1 Å². The van der Waals surface area contributed by atoms with Gasteiger partial charge in [-0.25, -0.2) is 0 Å². The monoisotopic (exact) mass is 464 g/mol. The van der Waals surface area contributed by atoms with Gasteiger partial charge in [-0.15, -0.1) is 0 Å². The fourth-order valence-electron chi connectivity index (χ4n) is 9.71. The zero-order valence-electron chi connectivity index (χ0n) is 21.5. The highest BCUT2D eigenvalue weighted by atomic mass is 16.7. The fourth-order valence-corrected chi connectivity index (χ4v) is 9.71. The Kier molecular flexibility index (Phi) is 6.26. The second-order valence-electron chi connectivity index (χ2n) is 13.4. The van der Waals surface area contributed by atoms with Crippen molar-refractivity contribution in [1.82, 2.24) is 0 Å². The maximum atomic E-state index is 11.3. The fraction of sp³-hybridized carbons (Fsp3) is 1.00. The number of aliphatic hydroxyl groups is 3. The summed E-state index contributed by atoms with van der Waals surface area (Å²) < 4.78 is 12.9. The second-order valence-corrected chi connectivity index (χ2v) is 13.4. The molecule has 5 fully saturated rings. The molecule has 1 aliphatic heterocycles. The molecule has 5 nitrogen and oxygen atoms in total. The van der Waals surface area contributed by atoms with Gasteiger partial charge in [-0.3, -0.25) is 0 Å². The highest BCUT2D eigenvalue weighted by molar-refractivity contribution is 5.13. The summed E-state index contributed by atoms with van der Waals surface area (Å²) in [6.07, 6.45) is 7.74. The Bertz CT molecular complexity index is 729. The first-order valence-corrected chi connectivity index (χ1v) is 13.9. The van der Waals surface area contributed by atoms with Crippen LogP contribution < -0.4 is 0 Å². The normalized spacial score (nSPS) is 58.9. The molecule has 5 rings (SSSR count). The molecule has 0 aromatic rings. The summed E-state index contributed by atoms with van der Waals surface area (Å²) in [6.45, 7) is 11.9. The molecule has 190 valence electrons. The van der Waals surface area contributed by atoms with Crippen LogP contribution in [0.15, 0.2) is 0 Å². The molecule has 5 heteroatoms. The molecular weight excluding hydrogens is 416 g/mol. The maximum absolute atomic E-state index is 11.3. The van der Waals surface area contributed by atoms with Crippen molar-refractivity contribution < 1.29 is 24.8 Å². The predicted molar refractivity (Wildman–Crippen MR) is 127 cm³/mol. The molecule has 0 spiro atoms. The zero-order valence-corrected chi connectivity index (χ0v) is 21.5. The van der Waals surface area contributed by atoms with Gasteiger partial charge >= 0.3 is 0 Å². The van der Waals surface area contributed by atoms with Crippen LogP contribution in [0.2, 0.25) is 0 Å². The van der Waals surface area contributed by atoms with Crippen molar-refractivity contribution in [2.45, 2.75) is 123 Å². The molecule has 0 bridgehead atoms. The van der Waals surface area contributed by atoms with Crippen LogP contribution in [0.5, 0.6) is 0 Å². The molecule has 0 amide bonds. The maximum Gasteiger partial charge on any atom is 0.191 e. The van der Waals surface area contributed by atoms with Crippen molar-refractivity contribution in [2.75, 3.05) is 6.61 Å². The molecule has 13 atom stereocenters. The van der Waals surface area contributed by atoms with Gasteiger partial charge in [-0.05, 0) is 105 Å². The van der Waals surface area contributed by atoms with E-state index in [9.17, 15) is 15.3 Å². The lowest BCUT2D eigenvalue weighted by atomic mass is 9.44. The van der Waals surface area contributed by atoms with E-state index in [1.54, 1.807) is 0 Å². The van der Waals surface area contributed by atoms with Gasteiger partial charge in [-0.2, -0.15) is 0 Å². The first-order valence-electron chi connectivity index (χ1n) is 13.9. The van der Waals surface area contributed by atoms with E-state index in [4.69, 9.17) is 9.47 Å². The van der Waals surface area contributed by atoms with Crippen LogP contribution in [0.25, 0.3) is 0 Å². The molecule has 1 heterocycles. The SMILES string of the molecule is CCC1C(OC2(C)OCC(C)CC2O)CC2C3CC(O)C4CC(O)CCC4(C)C3CCC12C. The number of ether oxygens (including phenoxy) is 2. The summed E-state index contributed by atoms with van der Waals surface area (Å²) in [5.74, 6) is 1.79. The Morgan fingerprint density at radius 3 is 2.30 bits per heavy atom. The average Bonchev–Trinajstić information content (AvgIpc) is 3.03. The number of rotatable bonds is 3. The molecule has 4 saturated carbocycles. The summed E-state index contributed by atoms with van der Waals surface area (Å²) >= 11 is 0. The minimum absolute atomic E-state index is 0.0904. The summed E-state index contributed by atoms with van der Waals surface area (Å²) in [4.78, 5) is 0. The molecule has 1 saturated heterocycles. The molecule has 0 aromatic heterocycles. The summed E-state index contributed by atoms with van der Waals surface area (Å²) in [6, 6.07) is 0. The first kappa shape index (κ1) is 24.5. The number of hydrogen-bond donors (Lipinski definition) is 3. The van der Waals surface area contributed by atoms with Gasteiger partial charge in [0.1, 0.15) is 6.10 Å². The van der Waals surface area contributed by atoms with Gasteiger partial charge in [0.2, 0.25) is 0 Å². The van der Waals surface area contributed by atoms with Crippen molar-refractivity contribution in [1.29, 1.82) is 0 Å². The Labute approximate surface area is 200 Å². The van der Waals surface area contributed by atoms with E-state index in [1.165, 1.54) is 12.8 Å². The van der Waals surface area contributed by atoms with Crippen LogP contribution in [0.1, 0.15) is 92.4 Å². The summed E-state index contributed by atoms with van der Waals surface area (Å²) in [5, 5.41) is 32.5. The van der Waals surface area contributed by atoms with Crippen LogP contribution in [0.4, 0.5) is 0 Å². The van der Waals surface area contributed by atoms with Crippen LogP contribution >= 0.6 is 0 Å². The first-order chi connectivity index (χ1) is 15.5. The van der Waals surface area contributed by atoms with Crippen LogP contribution in [-0.2, 0) is 9.47 Å². The molecule has 5 aliphatic rings. The minimum atomic E-state index is -0.920. The third kappa shape index (κ3) is 3.75. The van der Waals surface area contributed by atoms with E-state index >= 15 is 0 Å². The lowest BCUT2D eigenvalue weighted by Crippen LogP contribution is -2.58. The minimum Gasteiger partial charge on any atom is -0.393 e. The molecule has 0 aromatic carbocycles. The van der Waals surface area contributed by atoms with Crippen molar-refractivity contribution in [3.8, 4) is 0 Å². The van der Waals surface area contributed by atoms with Crippen molar-refractivity contribution in [3.05, 3.63) is 0 Å². The number of hydrogen-bond acceptors (Lipinski definition) is 5. The predicted octanol–water partition coefficient (Wildman–Crippen LogP) is 4.52. The smallest absolute Gasteiger partial charge is 0.191 e. The van der Waals surface area contributed by atoms with E-state index in [0.717, 1.165) is 44.9 Å². The lowest BCUT2D eigenvalue weighted by Gasteiger charge is -2.62. The summed E-state index contributed by atoms with van der Waals surface area (Å²) in [5.41, 5.74) is 0.343. The highest BCUT2D eigenvalue weighted by Gasteiger charge is 2.64. The van der Waals surface area contributed by atoms with E-state index in [2.05, 4.69) is 27.7 Å². The molecular formula is C28H48O5. The molecule has 4 aliphatic carbocycles. The molecule has 13 unspecified atom stereocenters. The third-order valence-electron chi connectivity index (χ3n) is 11.6. The summed E-state index contributed by atoms with van der Waals surface area (Å²) in [7, 11) is 0. The van der Waals surface area contributed by atoms with Gasteiger partial charge in [0, 0.05) is 0 Å². The van der Waals surface area contributed by atoms with E-state index < -0.39 is 11.9 Å². The van der Waals surface area contributed by atoms with Crippen molar-refractivity contribution in [2.24, 2.45) is 46.3 Å². The Hall–Kier alpha value is -0.200. The van der Waals surface area contributed by atoms with Gasteiger partial charge in [-0.1, -0.05) is 34.1 Å². The molecule has 33 heavy (non-hydrogen) atoms. The van der Waals surface area contributed by atoms with Crippen LogP contribution in [0, 0.1) is 46.3 Å². The average molecular weight is 465 g/mol. The Morgan fingerprint density at radius 1 is 0.879 bits per heavy atom. The van der Waals surface area contributed by atoms with Gasteiger partial charge in [0.25, 0.3) is 0 Å². The Balaban J connectivity index is 1.40. The highest BCUT2D eigenvalue weighted by Crippen LogP contribution is 2.68. The standard InChI is InChI=1S/C28H48O5/c1-6-19-24(33-28(5)25(31)11-16(2)15-32-28)14-21-18-13-23(30)22-12-17(29)7-9-27(22,4)20(18)8-10-26(19,21)3/h16-25,29-31H,6-15H2,1-5H3. The van der Waals surface area contributed by atoms with Gasteiger partial charge < -0.3 is 24.8 Å². The zero-order chi connectivity index (χ0) is 23.8. The molecule has 3 N–H and O–H groups in total. The number of fused-ring (bicyclic) bond motifs is 5. The third-order valence-corrected chi connectivity index (χ3v) is 11.6. The van der Waals surface area contributed by atoms with E-state index in [-0.39, 0.29) is 35.1 Å². The quantitative estimate of drug-likeness (QED) is 0.572. The van der Waals surface area contributed by atoms with E-state index in [1.807, 2.05) is 6.92 Å².